The molecule has 2 rings (SSSR count). The Morgan fingerprint density at radius 2 is 2.20 bits per heavy atom. The number of carbonyl (C=O) groups is 2. The normalized spacial score (nSPS) is 10.1. The Bertz CT molecular complexity index is 741. The summed E-state index contributed by atoms with van der Waals surface area (Å²) in [4.78, 5) is 26.1. The standard InChI is InChI=1S/C13H12N4O3/c1-8(18)12-11(13(19)20-2)6-10-5-9(7-15-16-14)3-4-17(10)12/h3-6H,7H2,1-2H3. The average Bonchev–Trinajstić information content (AvgIpc) is 2.82. The zero-order valence-corrected chi connectivity index (χ0v) is 11.0. The number of Topliss-reactive ketones (excluding diaryl/α,β-unsaturated/α-hetero) is 1. The van der Waals surface area contributed by atoms with Crippen LogP contribution in [0.3, 0.4) is 0 Å². The zero-order chi connectivity index (χ0) is 14.7. The van der Waals surface area contributed by atoms with Gasteiger partial charge in [-0.1, -0.05) is 5.11 Å². The first-order valence-corrected chi connectivity index (χ1v) is 5.82. The number of aromatic nitrogens is 1. The minimum Gasteiger partial charge on any atom is -0.465 e. The largest absolute Gasteiger partial charge is 0.465 e. The Kier molecular flexibility index (Phi) is 3.72. The molecule has 0 amide bonds. The summed E-state index contributed by atoms with van der Waals surface area (Å²) < 4.78 is 6.30. The van der Waals surface area contributed by atoms with Crippen LogP contribution >= 0.6 is 0 Å². The molecular weight excluding hydrogens is 260 g/mol. The predicted molar refractivity (Wildman–Crippen MR) is 71.6 cm³/mol. The van der Waals surface area contributed by atoms with Crippen LogP contribution in [-0.2, 0) is 11.3 Å². The molecular formula is C13H12N4O3. The van der Waals surface area contributed by atoms with Crippen molar-refractivity contribution < 1.29 is 14.3 Å². The first-order valence-electron chi connectivity index (χ1n) is 5.82. The van der Waals surface area contributed by atoms with Gasteiger partial charge in [0.05, 0.1) is 19.2 Å². The minimum absolute atomic E-state index is 0.209. The van der Waals surface area contributed by atoms with E-state index in [0.717, 1.165) is 5.56 Å². The van der Waals surface area contributed by atoms with E-state index in [-0.39, 0.29) is 23.6 Å². The molecule has 0 aromatic carbocycles. The number of methoxy groups -OCH3 is 1. The predicted octanol–water partition coefficient (Wildman–Crippen LogP) is 2.74. The van der Waals surface area contributed by atoms with Crippen LogP contribution in [0.15, 0.2) is 29.5 Å². The summed E-state index contributed by atoms with van der Waals surface area (Å²) in [7, 11) is 1.27. The van der Waals surface area contributed by atoms with Crippen molar-refractivity contribution >= 4 is 17.3 Å². The van der Waals surface area contributed by atoms with Gasteiger partial charge in [-0.3, -0.25) is 4.79 Å². The van der Waals surface area contributed by atoms with Gasteiger partial charge in [0.25, 0.3) is 0 Å². The monoisotopic (exact) mass is 272 g/mol. The molecule has 0 aliphatic rings. The third-order valence-corrected chi connectivity index (χ3v) is 2.89. The molecule has 0 fully saturated rings. The van der Waals surface area contributed by atoms with E-state index in [9.17, 15) is 9.59 Å². The maximum absolute atomic E-state index is 11.7. The molecule has 0 saturated heterocycles. The van der Waals surface area contributed by atoms with Gasteiger partial charge < -0.3 is 9.14 Å². The first-order chi connectivity index (χ1) is 9.58. The van der Waals surface area contributed by atoms with E-state index >= 15 is 0 Å². The van der Waals surface area contributed by atoms with Crippen LogP contribution in [0.25, 0.3) is 16.0 Å². The van der Waals surface area contributed by atoms with Crippen LogP contribution in [0.2, 0.25) is 0 Å². The van der Waals surface area contributed by atoms with E-state index < -0.39 is 5.97 Å². The highest BCUT2D eigenvalue weighted by Gasteiger charge is 2.20. The fraction of sp³-hybridized carbons (Fsp3) is 0.231. The Morgan fingerprint density at radius 1 is 1.45 bits per heavy atom. The second-order valence-electron chi connectivity index (χ2n) is 4.17. The number of rotatable bonds is 4. The van der Waals surface area contributed by atoms with Gasteiger partial charge in [-0.05, 0) is 29.3 Å². The summed E-state index contributed by atoms with van der Waals surface area (Å²) in [6, 6.07) is 5.07. The molecule has 0 aliphatic heterocycles. The molecule has 0 aliphatic carbocycles. The van der Waals surface area contributed by atoms with Gasteiger partial charge in [0, 0.05) is 23.5 Å². The van der Waals surface area contributed by atoms with E-state index in [1.54, 1.807) is 28.8 Å². The summed E-state index contributed by atoms with van der Waals surface area (Å²) in [6.07, 6.45) is 1.67. The molecule has 2 heterocycles. The lowest BCUT2D eigenvalue weighted by Crippen LogP contribution is -2.08. The van der Waals surface area contributed by atoms with Crippen molar-refractivity contribution in [2.45, 2.75) is 13.5 Å². The fourth-order valence-electron chi connectivity index (χ4n) is 2.06. The molecule has 2 aromatic rings. The van der Waals surface area contributed by atoms with Crippen molar-refractivity contribution in [2.75, 3.05) is 7.11 Å². The molecule has 0 N–H and O–H groups in total. The average molecular weight is 272 g/mol. The van der Waals surface area contributed by atoms with Crippen LogP contribution in [0.1, 0.15) is 33.3 Å². The van der Waals surface area contributed by atoms with Crippen molar-refractivity contribution in [3.8, 4) is 0 Å². The summed E-state index contributed by atoms with van der Waals surface area (Å²) in [6.45, 7) is 1.60. The minimum atomic E-state index is -0.560. The second kappa shape index (κ2) is 5.46. The molecule has 0 spiro atoms. The Balaban J connectivity index is 2.63. The van der Waals surface area contributed by atoms with E-state index in [0.29, 0.717) is 5.52 Å². The number of pyridine rings is 1. The topological polar surface area (TPSA) is 96.5 Å². The van der Waals surface area contributed by atoms with E-state index in [2.05, 4.69) is 14.8 Å². The van der Waals surface area contributed by atoms with E-state index in [1.165, 1.54) is 14.0 Å². The highest BCUT2D eigenvalue weighted by atomic mass is 16.5. The number of carbonyl (C=O) groups excluding carboxylic acids is 2. The first kappa shape index (κ1) is 13.6. The summed E-state index contributed by atoms with van der Waals surface area (Å²) in [5, 5.41) is 3.48. The number of hydrogen-bond donors (Lipinski definition) is 0. The quantitative estimate of drug-likeness (QED) is 0.281. The number of ether oxygens (including phenoxy) is 1. The number of azide groups is 1. The molecule has 0 radical (unpaired) electrons. The molecule has 7 nitrogen and oxygen atoms in total. The zero-order valence-electron chi connectivity index (χ0n) is 11.0. The number of esters is 1. The van der Waals surface area contributed by atoms with Crippen molar-refractivity contribution in [3.05, 3.63) is 51.7 Å². The maximum Gasteiger partial charge on any atom is 0.340 e. The van der Waals surface area contributed by atoms with Gasteiger partial charge in [-0.25, -0.2) is 4.79 Å². The van der Waals surface area contributed by atoms with Crippen LogP contribution in [0.5, 0.6) is 0 Å². The molecule has 2 aromatic heterocycles. The summed E-state index contributed by atoms with van der Waals surface area (Å²) >= 11 is 0. The van der Waals surface area contributed by atoms with Gasteiger partial charge in [-0.2, -0.15) is 0 Å². The lowest BCUT2D eigenvalue weighted by atomic mass is 10.2. The van der Waals surface area contributed by atoms with Crippen LogP contribution in [0.4, 0.5) is 0 Å². The van der Waals surface area contributed by atoms with Gasteiger partial charge >= 0.3 is 5.97 Å². The number of nitrogens with zero attached hydrogens (tertiary/aromatic N) is 4. The Hall–Kier alpha value is -2.79. The molecule has 0 saturated carbocycles. The third-order valence-electron chi connectivity index (χ3n) is 2.89. The maximum atomic E-state index is 11.7. The Morgan fingerprint density at radius 3 is 2.80 bits per heavy atom. The molecule has 0 bridgehead atoms. The molecule has 0 atom stereocenters. The molecule has 20 heavy (non-hydrogen) atoms. The fourth-order valence-corrected chi connectivity index (χ4v) is 2.06. The SMILES string of the molecule is COC(=O)c1cc2cc(CN=[N+]=[N-])ccn2c1C(C)=O. The van der Waals surface area contributed by atoms with Gasteiger partial charge in [0.2, 0.25) is 0 Å². The van der Waals surface area contributed by atoms with Gasteiger partial charge in [0.1, 0.15) is 5.69 Å². The summed E-state index contributed by atoms with van der Waals surface area (Å²) in [5.41, 5.74) is 10.3. The lowest BCUT2D eigenvalue weighted by Gasteiger charge is -2.03. The number of ketones is 1. The highest BCUT2D eigenvalue weighted by Crippen LogP contribution is 2.20. The van der Waals surface area contributed by atoms with Gasteiger partial charge in [-0.15, -0.1) is 0 Å². The van der Waals surface area contributed by atoms with Crippen LogP contribution in [-0.4, -0.2) is 23.3 Å². The summed E-state index contributed by atoms with van der Waals surface area (Å²) in [5.74, 6) is -0.788. The highest BCUT2D eigenvalue weighted by molar-refractivity contribution is 6.06. The Labute approximate surface area is 114 Å². The van der Waals surface area contributed by atoms with Crippen molar-refractivity contribution in [3.63, 3.8) is 0 Å². The van der Waals surface area contributed by atoms with E-state index in [1.807, 2.05) is 0 Å². The lowest BCUT2D eigenvalue weighted by molar-refractivity contribution is 0.0597. The third kappa shape index (κ3) is 2.34. The molecule has 0 unspecified atom stereocenters. The van der Waals surface area contributed by atoms with Crippen molar-refractivity contribution in [2.24, 2.45) is 5.11 Å². The van der Waals surface area contributed by atoms with Gasteiger partial charge in [0.15, 0.2) is 5.78 Å². The van der Waals surface area contributed by atoms with Crippen molar-refractivity contribution in [1.82, 2.24) is 4.40 Å². The number of hydrogen-bond acceptors (Lipinski definition) is 4. The second-order valence-corrected chi connectivity index (χ2v) is 4.17. The molecule has 102 valence electrons. The van der Waals surface area contributed by atoms with Crippen LogP contribution < -0.4 is 0 Å². The van der Waals surface area contributed by atoms with Crippen LogP contribution in [0, 0.1) is 0 Å². The molecule has 7 heteroatoms. The van der Waals surface area contributed by atoms with E-state index in [4.69, 9.17) is 5.53 Å². The number of fused-ring (bicyclic) bond motifs is 1. The smallest absolute Gasteiger partial charge is 0.340 e. The van der Waals surface area contributed by atoms with Crippen molar-refractivity contribution in [1.29, 1.82) is 0 Å².